The van der Waals surface area contributed by atoms with E-state index in [9.17, 15) is 4.79 Å². The lowest BCUT2D eigenvalue weighted by Crippen LogP contribution is -2.00. The van der Waals surface area contributed by atoms with Crippen molar-refractivity contribution in [3.63, 3.8) is 0 Å². The molecule has 0 radical (unpaired) electrons. The van der Waals surface area contributed by atoms with Crippen LogP contribution in [0.1, 0.15) is 12.2 Å². The maximum atomic E-state index is 10.6. The number of carboxylic acids is 1. The maximum absolute atomic E-state index is 10.6. The number of thioether (sulfide) groups is 1. The van der Waals surface area contributed by atoms with E-state index in [1.165, 1.54) is 0 Å². The first-order chi connectivity index (χ1) is 7.16. The Kier molecular flexibility index (Phi) is 3.26. The molecule has 5 heteroatoms. The minimum atomic E-state index is -0.665. The van der Waals surface area contributed by atoms with Gasteiger partial charge in [-0.1, -0.05) is 0 Å². The quantitative estimate of drug-likeness (QED) is 0.868. The van der Waals surface area contributed by atoms with Crippen LogP contribution < -0.4 is 0 Å². The summed E-state index contributed by atoms with van der Waals surface area (Å²) in [6.07, 6.45) is 0.821. The van der Waals surface area contributed by atoms with Gasteiger partial charge in [0.15, 0.2) is 5.22 Å². The van der Waals surface area contributed by atoms with Crippen molar-refractivity contribution in [1.82, 2.24) is 0 Å². The monoisotopic (exact) mass is 246 g/mol. The number of halogens is 1. The first-order valence-electron chi connectivity index (χ1n) is 4.71. The molecule has 1 fully saturated rings. The molecular formula is C10H11ClO3S. The average molecular weight is 247 g/mol. The van der Waals surface area contributed by atoms with Gasteiger partial charge in [-0.15, -0.1) is 0 Å². The molecule has 2 rings (SSSR count). The first-order valence-corrected chi connectivity index (χ1v) is 6.25. The fourth-order valence-electron chi connectivity index (χ4n) is 1.47. The van der Waals surface area contributed by atoms with Crippen LogP contribution in [0.15, 0.2) is 16.5 Å². The number of rotatable bonds is 5. The van der Waals surface area contributed by atoms with Crippen LogP contribution >= 0.6 is 23.4 Å². The number of hydrogen-bond acceptors (Lipinski definition) is 3. The molecule has 0 spiro atoms. The van der Waals surface area contributed by atoms with Crippen molar-refractivity contribution in [2.75, 3.05) is 5.75 Å². The van der Waals surface area contributed by atoms with Gasteiger partial charge in [-0.25, -0.2) is 0 Å². The van der Waals surface area contributed by atoms with E-state index in [0.29, 0.717) is 11.1 Å². The molecule has 3 nitrogen and oxygen atoms in total. The largest absolute Gasteiger partial charge is 0.481 e. The minimum absolute atomic E-state index is 0.113. The van der Waals surface area contributed by atoms with Gasteiger partial charge in [-0.2, -0.15) is 11.8 Å². The third kappa shape index (κ3) is 2.92. The van der Waals surface area contributed by atoms with E-state index in [1.54, 1.807) is 17.8 Å². The molecule has 0 amide bonds. The summed E-state index contributed by atoms with van der Waals surface area (Å²) < 4.78 is 5.19. The Hall–Kier alpha value is -0.610. The van der Waals surface area contributed by atoms with E-state index >= 15 is 0 Å². The van der Waals surface area contributed by atoms with E-state index in [-0.39, 0.29) is 5.92 Å². The molecule has 1 N–H and O–H groups in total. The molecule has 1 heterocycles. The van der Waals surface area contributed by atoms with Gasteiger partial charge >= 0.3 is 5.97 Å². The van der Waals surface area contributed by atoms with Crippen LogP contribution in [0, 0.1) is 11.8 Å². The van der Waals surface area contributed by atoms with Crippen molar-refractivity contribution < 1.29 is 14.3 Å². The van der Waals surface area contributed by atoms with Crippen LogP contribution in [0.25, 0.3) is 0 Å². The lowest BCUT2D eigenvalue weighted by Gasteiger charge is -1.97. The third-order valence-corrected chi connectivity index (χ3v) is 3.80. The molecule has 15 heavy (non-hydrogen) atoms. The molecule has 0 saturated heterocycles. The standard InChI is InChI=1S/C10H11ClO3S/c11-9-2-1-7(14-9)5-15-4-6-3-8(6)10(12)13/h1-2,6,8H,3-5H2,(H,12,13). The Labute approximate surface area is 96.8 Å². The summed E-state index contributed by atoms with van der Waals surface area (Å²) in [5.74, 6) is 2.06. The Bertz CT molecular complexity index is 363. The van der Waals surface area contributed by atoms with Crippen LogP contribution in [-0.4, -0.2) is 16.8 Å². The highest BCUT2D eigenvalue weighted by Crippen LogP contribution is 2.41. The van der Waals surface area contributed by atoms with Crippen LogP contribution in [0.4, 0.5) is 0 Å². The highest BCUT2D eigenvalue weighted by molar-refractivity contribution is 7.98. The summed E-state index contributed by atoms with van der Waals surface area (Å²) in [5, 5.41) is 9.10. The molecule has 2 unspecified atom stereocenters. The fraction of sp³-hybridized carbons (Fsp3) is 0.500. The van der Waals surface area contributed by atoms with Gasteiger partial charge in [0.25, 0.3) is 0 Å². The lowest BCUT2D eigenvalue weighted by atomic mass is 10.3. The second-order valence-electron chi connectivity index (χ2n) is 3.66. The lowest BCUT2D eigenvalue weighted by molar-refractivity contribution is -0.138. The van der Waals surface area contributed by atoms with E-state index in [4.69, 9.17) is 21.1 Å². The Morgan fingerprint density at radius 3 is 3.00 bits per heavy atom. The van der Waals surface area contributed by atoms with Gasteiger partial charge in [-0.05, 0) is 41.8 Å². The highest BCUT2D eigenvalue weighted by Gasteiger charge is 2.42. The molecule has 0 aliphatic heterocycles. The Morgan fingerprint density at radius 1 is 1.67 bits per heavy atom. The molecule has 2 atom stereocenters. The van der Waals surface area contributed by atoms with E-state index < -0.39 is 5.97 Å². The highest BCUT2D eigenvalue weighted by atomic mass is 35.5. The number of carboxylic acid groups (broad SMARTS) is 1. The van der Waals surface area contributed by atoms with Crippen LogP contribution in [0.3, 0.4) is 0 Å². The second-order valence-corrected chi connectivity index (χ2v) is 5.06. The Morgan fingerprint density at radius 2 is 2.47 bits per heavy atom. The maximum Gasteiger partial charge on any atom is 0.306 e. The summed E-state index contributed by atoms with van der Waals surface area (Å²) >= 11 is 7.32. The van der Waals surface area contributed by atoms with Crippen molar-refractivity contribution >= 4 is 29.3 Å². The van der Waals surface area contributed by atoms with Crippen molar-refractivity contribution in [2.24, 2.45) is 11.8 Å². The molecule has 0 bridgehead atoms. The normalized spacial score (nSPS) is 24.1. The fourth-order valence-corrected chi connectivity index (χ4v) is 2.78. The minimum Gasteiger partial charge on any atom is -0.481 e. The predicted octanol–water partition coefficient (Wildman–Crippen LogP) is 2.89. The molecule has 0 aromatic carbocycles. The SMILES string of the molecule is O=C(O)C1CC1CSCc1ccc(Cl)o1. The number of hydrogen-bond donors (Lipinski definition) is 1. The summed E-state index contributed by atoms with van der Waals surface area (Å²) in [4.78, 5) is 10.6. The summed E-state index contributed by atoms with van der Waals surface area (Å²) in [5.41, 5.74) is 0. The van der Waals surface area contributed by atoms with Crippen molar-refractivity contribution in [2.45, 2.75) is 12.2 Å². The zero-order chi connectivity index (χ0) is 10.8. The zero-order valence-corrected chi connectivity index (χ0v) is 9.55. The van der Waals surface area contributed by atoms with E-state index in [0.717, 1.165) is 23.7 Å². The van der Waals surface area contributed by atoms with Gasteiger partial charge in [0.1, 0.15) is 5.76 Å². The average Bonchev–Trinajstić information content (AvgIpc) is 2.83. The summed E-state index contributed by atoms with van der Waals surface area (Å²) in [7, 11) is 0. The number of aliphatic carboxylic acids is 1. The van der Waals surface area contributed by atoms with Gasteiger partial charge in [0.05, 0.1) is 11.7 Å². The number of carbonyl (C=O) groups is 1. The second kappa shape index (κ2) is 4.49. The molecule has 1 aromatic rings. The topological polar surface area (TPSA) is 50.4 Å². The Balaban J connectivity index is 1.66. The van der Waals surface area contributed by atoms with Crippen molar-refractivity contribution in [3.05, 3.63) is 23.1 Å². The van der Waals surface area contributed by atoms with Crippen LogP contribution in [0.2, 0.25) is 5.22 Å². The van der Waals surface area contributed by atoms with Crippen LogP contribution in [0.5, 0.6) is 0 Å². The third-order valence-electron chi connectivity index (χ3n) is 2.44. The zero-order valence-electron chi connectivity index (χ0n) is 7.98. The molecule has 1 saturated carbocycles. The van der Waals surface area contributed by atoms with Gasteiger partial charge < -0.3 is 9.52 Å². The van der Waals surface area contributed by atoms with E-state index in [2.05, 4.69) is 0 Å². The summed E-state index contributed by atoms with van der Waals surface area (Å²) in [6.45, 7) is 0. The van der Waals surface area contributed by atoms with Crippen molar-refractivity contribution in [3.8, 4) is 0 Å². The van der Waals surface area contributed by atoms with E-state index in [1.807, 2.05) is 6.07 Å². The molecule has 82 valence electrons. The molecule has 1 aromatic heterocycles. The first kappa shape index (κ1) is 10.9. The van der Waals surface area contributed by atoms with Crippen LogP contribution in [-0.2, 0) is 10.5 Å². The van der Waals surface area contributed by atoms with Gasteiger partial charge in [-0.3, -0.25) is 4.79 Å². The van der Waals surface area contributed by atoms with Gasteiger partial charge in [0, 0.05) is 0 Å². The number of furan rings is 1. The molecule has 1 aliphatic rings. The predicted molar refractivity (Wildman–Crippen MR) is 59.1 cm³/mol. The molecular weight excluding hydrogens is 236 g/mol. The van der Waals surface area contributed by atoms with Crippen molar-refractivity contribution in [1.29, 1.82) is 0 Å². The summed E-state index contributed by atoms with van der Waals surface area (Å²) in [6, 6.07) is 3.56. The van der Waals surface area contributed by atoms with Gasteiger partial charge in [0.2, 0.25) is 0 Å². The molecule has 1 aliphatic carbocycles. The smallest absolute Gasteiger partial charge is 0.306 e.